The highest BCUT2D eigenvalue weighted by molar-refractivity contribution is 6.22. The Bertz CT molecular complexity index is 965. The summed E-state index contributed by atoms with van der Waals surface area (Å²) in [6.45, 7) is 2.11. The van der Waals surface area contributed by atoms with Crippen molar-refractivity contribution in [1.29, 1.82) is 0 Å². The smallest absolute Gasteiger partial charge is 0.289 e. The molecule has 2 aromatic rings. The van der Waals surface area contributed by atoms with Crippen LogP contribution in [0.1, 0.15) is 17.0 Å². The number of carbonyl (C=O) groups is 3. The Balaban J connectivity index is 1.26. The van der Waals surface area contributed by atoms with E-state index in [-0.39, 0.29) is 30.9 Å². The van der Waals surface area contributed by atoms with Crippen molar-refractivity contribution in [3.8, 4) is 11.5 Å². The molecule has 9 nitrogen and oxygen atoms in total. The fourth-order valence-corrected chi connectivity index (χ4v) is 3.99. The summed E-state index contributed by atoms with van der Waals surface area (Å²) in [5, 5.41) is 0. The second-order valence-electron chi connectivity index (χ2n) is 7.13. The lowest BCUT2D eigenvalue weighted by Gasteiger charge is -2.36. The topological polar surface area (TPSA) is 92.5 Å². The average Bonchev–Trinajstić information content (AvgIpc) is 3.47. The summed E-state index contributed by atoms with van der Waals surface area (Å²) < 4.78 is 15.8. The Morgan fingerprint density at radius 3 is 2.55 bits per heavy atom. The van der Waals surface area contributed by atoms with E-state index in [0.717, 1.165) is 0 Å². The summed E-state index contributed by atoms with van der Waals surface area (Å²) in [6.07, 6.45) is 1.59. The van der Waals surface area contributed by atoms with Crippen molar-refractivity contribution in [1.82, 2.24) is 9.80 Å². The lowest BCUT2D eigenvalue weighted by atomic mass is 10.1. The Kier molecular flexibility index (Phi) is 4.24. The van der Waals surface area contributed by atoms with Gasteiger partial charge < -0.3 is 18.8 Å². The Labute approximate surface area is 166 Å². The molecule has 4 heterocycles. The quantitative estimate of drug-likeness (QED) is 0.716. The minimum atomic E-state index is -0.520. The minimum Gasteiger partial charge on any atom is -0.459 e. The van der Waals surface area contributed by atoms with Crippen LogP contribution in [0.25, 0.3) is 0 Å². The normalized spacial score (nSPS) is 21.9. The number of nitrogens with zero attached hydrogens (tertiary/aromatic N) is 3. The number of rotatable bonds is 3. The molecule has 3 amide bonds. The van der Waals surface area contributed by atoms with Gasteiger partial charge in [-0.15, -0.1) is 0 Å². The molecule has 9 heteroatoms. The zero-order chi connectivity index (χ0) is 20.0. The maximum Gasteiger partial charge on any atom is 0.289 e. The molecule has 2 fully saturated rings. The third kappa shape index (κ3) is 3.03. The van der Waals surface area contributed by atoms with Crippen molar-refractivity contribution >= 4 is 23.4 Å². The summed E-state index contributed by atoms with van der Waals surface area (Å²) in [4.78, 5) is 42.9. The highest BCUT2D eigenvalue weighted by Crippen LogP contribution is 2.37. The Morgan fingerprint density at radius 1 is 1.00 bits per heavy atom. The molecule has 29 heavy (non-hydrogen) atoms. The molecule has 0 unspecified atom stereocenters. The largest absolute Gasteiger partial charge is 0.459 e. The first-order valence-corrected chi connectivity index (χ1v) is 9.45. The standard InChI is InChI=1S/C20H19N3O6/c24-18-11-14(19(25)23(18)13-3-4-15-17(10-13)29-12-28-15)21-5-7-22(8-6-21)20(26)16-2-1-9-27-16/h1-4,9-10,14H,5-8,11-12H2/t14-/m1/s1. The minimum absolute atomic E-state index is 0.124. The number of ether oxygens (including phenoxy) is 2. The van der Waals surface area contributed by atoms with Gasteiger partial charge in [-0.25, -0.2) is 4.90 Å². The van der Waals surface area contributed by atoms with Crippen LogP contribution >= 0.6 is 0 Å². The number of benzene rings is 1. The van der Waals surface area contributed by atoms with Crippen LogP contribution in [-0.4, -0.2) is 66.5 Å². The van der Waals surface area contributed by atoms with Crippen molar-refractivity contribution < 1.29 is 28.3 Å². The zero-order valence-electron chi connectivity index (χ0n) is 15.6. The Morgan fingerprint density at radius 2 is 1.79 bits per heavy atom. The molecular weight excluding hydrogens is 378 g/mol. The van der Waals surface area contributed by atoms with E-state index >= 15 is 0 Å². The first kappa shape index (κ1) is 17.7. The summed E-state index contributed by atoms with van der Waals surface area (Å²) in [6, 6.07) is 7.83. The van der Waals surface area contributed by atoms with Gasteiger partial charge in [-0.05, 0) is 24.3 Å². The van der Waals surface area contributed by atoms with Gasteiger partial charge in [0.05, 0.1) is 24.4 Å². The second-order valence-corrected chi connectivity index (χ2v) is 7.13. The summed E-state index contributed by atoms with van der Waals surface area (Å²) >= 11 is 0. The van der Waals surface area contributed by atoms with Gasteiger partial charge >= 0.3 is 0 Å². The number of hydrogen-bond acceptors (Lipinski definition) is 7. The van der Waals surface area contributed by atoms with Crippen LogP contribution in [0.4, 0.5) is 5.69 Å². The van der Waals surface area contributed by atoms with Gasteiger partial charge in [-0.1, -0.05) is 0 Å². The summed E-state index contributed by atoms with van der Waals surface area (Å²) in [5.74, 6) is 0.774. The van der Waals surface area contributed by atoms with Gasteiger partial charge in [0.1, 0.15) is 0 Å². The number of imide groups is 1. The molecule has 1 aromatic heterocycles. The molecule has 5 rings (SSSR count). The third-order valence-electron chi connectivity index (χ3n) is 5.51. The molecule has 0 radical (unpaired) electrons. The van der Waals surface area contributed by atoms with E-state index in [0.29, 0.717) is 49.1 Å². The van der Waals surface area contributed by atoms with E-state index < -0.39 is 6.04 Å². The maximum absolute atomic E-state index is 13.0. The molecule has 1 aromatic carbocycles. The highest BCUT2D eigenvalue weighted by atomic mass is 16.7. The zero-order valence-corrected chi connectivity index (χ0v) is 15.6. The first-order valence-electron chi connectivity index (χ1n) is 9.45. The predicted octanol–water partition coefficient (Wildman–Crippen LogP) is 1.10. The number of hydrogen-bond donors (Lipinski definition) is 0. The highest BCUT2D eigenvalue weighted by Gasteiger charge is 2.44. The summed E-state index contributed by atoms with van der Waals surface area (Å²) in [5.41, 5.74) is 0.485. The molecule has 0 saturated carbocycles. The van der Waals surface area contributed by atoms with Crippen LogP contribution in [0, 0.1) is 0 Å². The van der Waals surface area contributed by atoms with Gasteiger partial charge in [0.2, 0.25) is 12.7 Å². The van der Waals surface area contributed by atoms with E-state index in [9.17, 15) is 14.4 Å². The van der Waals surface area contributed by atoms with Crippen LogP contribution in [0.3, 0.4) is 0 Å². The monoisotopic (exact) mass is 397 g/mol. The van der Waals surface area contributed by atoms with Crippen LogP contribution in [0.15, 0.2) is 41.0 Å². The molecular formula is C20H19N3O6. The molecule has 3 aliphatic rings. The molecule has 1 atom stereocenters. The molecule has 0 aliphatic carbocycles. The van der Waals surface area contributed by atoms with E-state index in [1.807, 2.05) is 4.90 Å². The number of anilines is 1. The number of piperazine rings is 1. The number of carbonyl (C=O) groups excluding carboxylic acids is 3. The first-order chi connectivity index (χ1) is 14.1. The van der Waals surface area contributed by atoms with E-state index in [2.05, 4.69) is 0 Å². The predicted molar refractivity (Wildman–Crippen MR) is 99.6 cm³/mol. The van der Waals surface area contributed by atoms with Crippen molar-refractivity contribution in [2.45, 2.75) is 12.5 Å². The molecule has 0 bridgehead atoms. The van der Waals surface area contributed by atoms with Gasteiger partial charge in [-0.3, -0.25) is 19.3 Å². The average molecular weight is 397 g/mol. The fourth-order valence-electron chi connectivity index (χ4n) is 3.99. The van der Waals surface area contributed by atoms with Crippen LogP contribution in [0.5, 0.6) is 11.5 Å². The van der Waals surface area contributed by atoms with Gasteiger partial charge in [0.25, 0.3) is 11.8 Å². The number of furan rings is 1. The van der Waals surface area contributed by atoms with Gasteiger partial charge in [0.15, 0.2) is 17.3 Å². The van der Waals surface area contributed by atoms with Crippen molar-refractivity contribution in [2.24, 2.45) is 0 Å². The van der Waals surface area contributed by atoms with E-state index in [1.165, 1.54) is 11.2 Å². The third-order valence-corrected chi connectivity index (χ3v) is 5.51. The SMILES string of the molecule is O=C(c1ccco1)N1CCN([C@@H]2CC(=O)N(c3ccc4c(c3)OCO4)C2=O)CC1. The number of amides is 3. The molecule has 0 spiro atoms. The summed E-state index contributed by atoms with van der Waals surface area (Å²) in [7, 11) is 0. The molecule has 0 N–H and O–H groups in total. The Hall–Kier alpha value is -3.33. The van der Waals surface area contributed by atoms with E-state index in [4.69, 9.17) is 13.9 Å². The van der Waals surface area contributed by atoms with E-state index in [1.54, 1.807) is 35.2 Å². The molecule has 2 saturated heterocycles. The lowest BCUT2D eigenvalue weighted by Crippen LogP contribution is -2.53. The maximum atomic E-state index is 13.0. The van der Waals surface area contributed by atoms with Crippen molar-refractivity contribution in [2.75, 3.05) is 37.9 Å². The van der Waals surface area contributed by atoms with Crippen LogP contribution in [-0.2, 0) is 9.59 Å². The van der Waals surface area contributed by atoms with Crippen LogP contribution in [0.2, 0.25) is 0 Å². The number of fused-ring (bicyclic) bond motifs is 1. The van der Waals surface area contributed by atoms with Gasteiger partial charge in [0, 0.05) is 32.2 Å². The lowest BCUT2D eigenvalue weighted by molar-refractivity contribution is -0.123. The van der Waals surface area contributed by atoms with Crippen molar-refractivity contribution in [3.63, 3.8) is 0 Å². The molecule has 3 aliphatic heterocycles. The fraction of sp³-hybridized carbons (Fsp3) is 0.350. The van der Waals surface area contributed by atoms with Crippen LogP contribution < -0.4 is 14.4 Å². The molecule has 150 valence electrons. The van der Waals surface area contributed by atoms with Gasteiger partial charge in [-0.2, -0.15) is 0 Å². The second kappa shape index (κ2) is 6.93. The van der Waals surface area contributed by atoms with Crippen molar-refractivity contribution in [3.05, 3.63) is 42.4 Å².